The zero-order chi connectivity index (χ0) is 15.9. The molecule has 0 spiro atoms. The quantitative estimate of drug-likeness (QED) is 0.884. The Kier molecular flexibility index (Phi) is 5.47. The molecule has 1 atom stereocenters. The normalized spacial score (nSPS) is 12.0. The number of rotatable bonds is 5. The molecule has 0 saturated carbocycles. The lowest BCUT2D eigenvalue weighted by Crippen LogP contribution is -2.34. The van der Waals surface area contributed by atoms with Crippen LogP contribution in [0.3, 0.4) is 0 Å². The van der Waals surface area contributed by atoms with Gasteiger partial charge in [0.25, 0.3) is 0 Å². The molecule has 0 radical (unpaired) electrons. The predicted molar refractivity (Wildman–Crippen MR) is 87.6 cm³/mol. The smallest absolute Gasteiger partial charge is 0.320 e. The molecular formula is C17H22N4O. The SMILES string of the molecule is Cc1ccccc1C(CC(C)C)NC(=O)Nc1cccnn1. The van der Waals surface area contributed by atoms with E-state index in [4.69, 9.17) is 0 Å². The maximum atomic E-state index is 12.2. The fourth-order valence-electron chi connectivity index (χ4n) is 2.39. The second-order valence-corrected chi connectivity index (χ2v) is 5.75. The van der Waals surface area contributed by atoms with E-state index in [-0.39, 0.29) is 12.1 Å². The fraction of sp³-hybridized carbons (Fsp3) is 0.353. The Morgan fingerprint density at radius 2 is 1.95 bits per heavy atom. The first-order chi connectivity index (χ1) is 10.6. The monoisotopic (exact) mass is 298 g/mol. The second kappa shape index (κ2) is 7.54. The number of aromatic nitrogens is 2. The van der Waals surface area contributed by atoms with Crippen molar-refractivity contribution in [3.05, 3.63) is 53.7 Å². The van der Waals surface area contributed by atoms with E-state index in [0.29, 0.717) is 11.7 Å². The molecule has 5 nitrogen and oxygen atoms in total. The van der Waals surface area contributed by atoms with Gasteiger partial charge in [0.2, 0.25) is 0 Å². The van der Waals surface area contributed by atoms with Crippen molar-refractivity contribution in [1.82, 2.24) is 15.5 Å². The third-order valence-corrected chi connectivity index (χ3v) is 3.39. The lowest BCUT2D eigenvalue weighted by molar-refractivity contribution is 0.246. The molecule has 0 fully saturated rings. The lowest BCUT2D eigenvalue weighted by Gasteiger charge is -2.22. The molecule has 1 aromatic carbocycles. The molecule has 2 rings (SSSR count). The summed E-state index contributed by atoms with van der Waals surface area (Å²) >= 11 is 0. The van der Waals surface area contributed by atoms with Gasteiger partial charge >= 0.3 is 6.03 Å². The van der Waals surface area contributed by atoms with Gasteiger partial charge in [-0.3, -0.25) is 5.32 Å². The number of amides is 2. The number of anilines is 1. The van der Waals surface area contributed by atoms with E-state index < -0.39 is 0 Å². The van der Waals surface area contributed by atoms with Crippen LogP contribution in [0.4, 0.5) is 10.6 Å². The summed E-state index contributed by atoms with van der Waals surface area (Å²) in [7, 11) is 0. The zero-order valence-corrected chi connectivity index (χ0v) is 13.2. The van der Waals surface area contributed by atoms with Gasteiger partial charge in [-0.1, -0.05) is 38.1 Å². The average Bonchev–Trinajstić information content (AvgIpc) is 2.47. The summed E-state index contributed by atoms with van der Waals surface area (Å²) in [5, 5.41) is 13.3. The lowest BCUT2D eigenvalue weighted by atomic mass is 9.94. The largest absolute Gasteiger partial charge is 0.331 e. The maximum Gasteiger partial charge on any atom is 0.320 e. The van der Waals surface area contributed by atoms with E-state index >= 15 is 0 Å². The van der Waals surface area contributed by atoms with Gasteiger partial charge in [0.05, 0.1) is 6.04 Å². The van der Waals surface area contributed by atoms with Gasteiger partial charge in [-0.05, 0) is 42.5 Å². The highest BCUT2D eigenvalue weighted by Gasteiger charge is 2.18. The van der Waals surface area contributed by atoms with Crippen molar-refractivity contribution >= 4 is 11.8 Å². The molecule has 2 aromatic rings. The van der Waals surface area contributed by atoms with E-state index in [1.807, 2.05) is 12.1 Å². The highest BCUT2D eigenvalue weighted by molar-refractivity contribution is 5.88. The first-order valence-corrected chi connectivity index (χ1v) is 7.47. The van der Waals surface area contributed by atoms with Gasteiger partial charge < -0.3 is 5.32 Å². The Hall–Kier alpha value is -2.43. The molecule has 2 N–H and O–H groups in total. The Morgan fingerprint density at radius 1 is 1.18 bits per heavy atom. The van der Waals surface area contributed by atoms with Crippen molar-refractivity contribution in [2.45, 2.75) is 33.2 Å². The van der Waals surface area contributed by atoms with Crippen LogP contribution < -0.4 is 10.6 Å². The standard InChI is InChI=1S/C17H22N4O/c1-12(2)11-15(14-8-5-4-7-13(14)3)19-17(22)20-16-9-6-10-18-21-16/h4-10,12,15H,11H2,1-3H3,(H2,19,20,21,22). The summed E-state index contributed by atoms with van der Waals surface area (Å²) in [6.07, 6.45) is 2.44. The minimum Gasteiger partial charge on any atom is -0.331 e. The van der Waals surface area contributed by atoms with Gasteiger partial charge in [-0.25, -0.2) is 4.79 Å². The van der Waals surface area contributed by atoms with Crippen molar-refractivity contribution in [3.8, 4) is 0 Å². The number of aryl methyl sites for hydroxylation is 1. The molecule has 0 aliphatic rings. The van der Waals surface area contributed by atoms with Gasteiger partial charge in [0.1, 0.15) is 0 Å². The molecule has 2 amide bonds. The highest BCUT2D eigenvalue weighted by atomic mass is 16.2. The summed E-state index contributed by atoms with van der Waals surface area (Å²) < 4.78 is 0. The van der Waals surface area contributed by atoms with Crippen LogP contribution in [0.25, 0.3) is 0 Å². The molecule has 1 heterocycles. The van der Waals surface area contributed by atoms with Crippen LogP contribution in [0, 0.1) is 12.8 Å². The van der Waals surface area contributed by atoms with E-state index in [2.05, 4.69) is 53.7 Å². The van der Waals surface area contributed by atoms with Gasteiger partial charge in [0.15, 0.2) is 5.82 Å². The highest BCUT2D eigenvalue weighted by Crippen LogP contribution is 2.24. The van der Waals surface area contributed by atoms with E-state index in [0.717, 1.165) is 12.0 Å². The number of benzene rings is 1. The molecule has 0 aliphatic carbocycles. The number of hydrogen-bond acceptors (Lipinski definition) is 3. The molecular weight excluding hydrogens is 276 g/mol. The van der Waals surface area contributed by atoms with Crippen LogP contribution in [-0.2, 0) is 0 Å². The number of nitrogens with one attached hydrogen (secondary N) is 2. The van der Waals surface area contributed by atoms with Crippen molar-refractivity contribution in [2.24, 2.45) is 5.92 Å². The van der Waals surface area contributed by atoms with Crippen molar-refractivity contribution in [3.63, 3.8) is 0 Å². The molecule has 0 saturated heterocycles. The first kappa shape index (κ1) is 15.9. The van der Waals surface area contributed by atoms with E-state index in [1.54, 1.807) is 18.3 Å². The van der Waals surface area contributed by atoms with Crippen LogP contribution >= 0.6 is 0 Å². The Morgan fingerprint density at radius 3 is 2.59 bits per heavy atom. The van der Waals surface area contributed by atoms with E-state index in [9.17, 15) is 4.79 Å². The molecule has 1 unspecified atom stereocenters. The van der Waals surface area contributed by atoms with Crippen LogP contribution in [0.1, 0.15) is 37.4 Å². The Bertz CT molecular complexity index is 613. The minimum absolute atomic E-state index is 0.0297. The van der Waals surface area contributed by atoms with Crippen LogP contribution in [-0.4, -0.2) is 16.2 Å². The molecule has 116 valence electrons. The van der Waals surface area contributed by atoms with Gasteiger partial charge in [0, 0.05) is 6.20 Å². The molecule has 22 heavy (non-hydrogen) atoms. The Labute approximate surface area is 131 Å². The number of carbonyl (C=O) groups is 1. The van der Waals surface area contributed by atoms with Crippen LogP contribution in [0.5, 0.6) is 0 Å². The summed E-state index contributed by atoms with van der Waals surface area (Å²) in [6.45, 7) is 6.35. The summed E-state index contributed by atoms with van der Waals surface area (Å²) in [5.41, 5.74) is 2.32. The molecule has 5 heteroatoms. The van der Waals surface area contributed by atoms with Crippen molar-refractivity contribution < 1.29 is 4.79 Å². The number of nitrogens with zero attached hydrogens (tertiary/aromatic N) is 2. The average molecular weight is 298 g/mol. The predicted octanol–water partition coefficient (Wildman–Crippen LogP) is 3.69. The van der Waals surface area contributed by atoms with Crippen LogP contribution in [0.2, 0.25) is 0 Å². The molecule has 1 aromatic heterocycles. The summed E-state index contributed by atoms with van der Waals surface area (Å²) in [4.78, 5) is 12.2. The van der Waals surface area contributed by atoms with Gasteiger partial charge in [-0.15, -0.1) is 5.10 Å². The first-order valence-electron chi connectivity index (χ1n) is 7.47. The van der Waals surface area contributed by atoms with Gasteiger partial charge in [-0.2, -0.15) is 5.10 Å². The fourth-order valence-corrected chi connectivity index (χ4v) is 2.39. The Balaban J connectivity index is 2.10. The number of hydrogen-bond donors (Lipinski definition) is 2. The summed E-state index contributed by atoms with van der Waals surface area (Å²) in [5.74, 6) is 0.912. The summed E-state index contributed by atoms with van der Waals surface area (Å²) in [6, 6.07) is 11.3. The van der Waals surface area contributed by atoms with Crippen molar-refractivity contribution in [1.29, 1.82) is 0 Å². The minimum atomic E-state index is -0.269. The maximum absolute atomic E-state index is 12.2. The number of carbonyl (C=O) groups excluding carboxylic acids is 1. The third kappa shape index (κ3) is 4.55. The zero-order valence-electron chi connectivity index (χ0n) is 13.2. The molecule has 0 bridgehead atoms. The van der Waals surface area contributed by atoms with E-state index in [1.165, 1.54) is 5.56 Å². The third-order valence-electron chi connectivity index (χ3n) is 3.39. The van der Waals surface area contributed by atoms with Crippen LogP contribution in [0.15, 0.2) is 42.6 Å². The number of urea groups is 1. The topological polar surface area (TPSA) is 66.9 Å². The van der Waals surface area contributed by atoms with Crippen molar-refractivity contribution in [2.75, 3.05) is 5.32 Å². The second-order valence-electron chi connectivity index (χ2n) is 5.75. The molecule has 0 aliphatic heterocycles.